The highest BCUT2D eigenvalue weighted by Gasteiger charge is 2.25. The largest absolute Gasteiger partial charge is 0.350 e. The van der Waals surface area contributed by atoms with Gasteiger partial charge in [0.15, 0.2) is 5.82 Å². The van der Waals surface area contributed by atoms with E-state index in [-0.39, 0.29) is 11.7 Å². The summed E-state index contributed by atoms with van der Waals surface area (Å²) in [5.41, 5.74) is 2.41. The molecule has 0 spiro atoms. The van der Waals surface area contributed by atoms with Crippen molar-refractivity contribution in [3.05, 3.63) is 76.5 Å². The van der Waals surface area contributed by atoms with E-state index in [9.17, 15) is 9.59 Å². The molecule has 0 atom stereocenters. The molecule has 132 valence electrons. The molecule has 7 heteroatoms. The predicted molar refractivity (Wildman–Crippen MR) is 98.4 cm³/mol. The number of urea groups is 1. The average molecular weight is 349 g/mol. The first-order chi connectivity index (χ1) is 12.6. The van der Waals surface area contributed by atoms with Crippen LogP contribution < -0.4 is 11.0 Å². The van der Waals surface area contributed by atoms with E-state index >= 15 is 0 Å². The Morgan fingerprint density at radius 3 is 2.50 bits per heavy atom. The number of hydrogen-bond donors (Lipinski definition) is 1. The van der Waals surface area contributed by atoms with Gasteiger partial charge in [-0.05, 0) is 31.2 Å². The molecule has 7 nitrogen and oxygen atoms in total. The van der Waals surface area contributed by atoms with Gasteiger partial charge in [0.2, 0.25) is 0 Å². The van der Waals surface area contributed by atoms with Crippen molar-refractivity contribution in [3.8, 4) is 5.69 Å². The summed E-state index contributed by atoms with van der Waals surface area (Å²) in [6.07, 6.45) is 0. The minimum Gasteiger partial charge on any atom is -0.315 e. The number of benzene rings is 2. The Balaban J connectivity index is 1.55. The fourth-order valence-electron chi connectivity index (χ4n) is 3.00. The number of fused-ring (bicyclic) bond motifs is 1. The van der Waals surface area contributed by atoms with Gasteiger partial charge in [0, 0.05) is 18.8 Å². The van der Waals surface area contributed by atoms with Gasteiger partial charge < -0.3 is 10.2 Å². The van der Waals surface area contributed by atoms with Gasteiger partial charge in [0.05, 0.1) is 12.2 Å². The summed E-state index contributed by atoms with van der Waals surface area (Å²) >= 11 is 0. The summed E-state index contributed by atoms with van der Waals surface area (Å²) in [4.78, 5) is 26.7. The molecule has 1 aliphatic heterocycles. The first-order valence-electron chi connectivity index (χ1n) is 8.48. The highest BCUT2D eigenvalue weighted by atomic mass is 16.2. The van der Waals surface area contributed by atoms with Crippen molar-refractivity contribution in [3.63, 3.8) is 0 Å². The van der Waals surface area contributed by atoms with Crippen molar-refractivity contribution in [2.45, 2.75) is 20.0 Å². The first-order valence-corrected chi connectivity index (χ1v) is 8.48. The standard InChI is InChI=1S/C19H19N5O2/c1-14-7-9-16(10-8-14)24-19(26)23-12-11-22(13-17(23)21-24)18(25)20-15-5-3-2-4-6-15/h2-10H,11-13H2,1H3,(H,20,25). The van der Waals surface area contributed by atoms with Crippen LogP contribution in [0, 0.1) is 6.92 Å². The predicted octanol–water partition coefficient (Wildman–Crippen LogP) is 2.39. The van der Waals surface area contributed by atoms with Crippen LogP contribution >= 0.6 is 0 Å². The minimum atomic E-state index is -0.195. The van der Waals surface area contributed by atoms with Gasteiger partial charge in [0.1, 0.15) is 0 Å². The third kappa shape index (κ3) is 2.99. The van der Waals surface area contributed by atoms with E-state index in [1.54, 1.807) is 9.47 Å². The monoisotopic (exact) mass is 349 g/mol. The molecule has 0 unspecified atom stereocenters. The number of aromatic nitrogens is 3. The van der Waals surface area contributed by atoms with E-state index < -0.39 is 0 Å². The number of nitrogens with zero attached hydrogens (tertiary/aromatic N) is 4. The first kappa shape index (κ1) is 16.1. The number of amides is 2. The summed E-state index contributed by atoms with van der Waals surface area (Å²) in [5.74, 6) is 0.588. The highest BCUT2D eigenvalue weighted by molar-refractivity contribution is 5.89. The van der Waals surface area contributed by atoms with Crippen molar-refractivity contribution in [1.29, 1.82) is 0 Å². The molecule has 4 rings (SSSR count). The second kappa shape index (κ2) is 6.51. The molecule has 1 aliphatic rings. The fourth-order valence-corrected chi connectivity index (χ4v) is 3.00. The van der Waals surface area contributed by atoms with Crippen LogP contribution in [0.1, 0.15) is 11.4 Å². The third-order valence-electron chi connectivity index (χ3n) is 4.46. The van der Waals surface area contributed by atoms with Gasteiger partial charge in [-0.2, -0.15) is 4.68 Å². The number of rotatable bonds is 2. The Kier molecular flexibility index (Phi) is 4.04. The molecule has 1 aromatic heterocycles. The lowest BCUT2D eigenvalue weighted by Crippen LogP contribution is -2.42. The summed E-state index contributed by atoms with van der Waals surface area (Å²) in [6, 6.07) is 16.7. The Bertz CT molecular complexity index is 989. The maximum absolute atomic E-state index is 12.6. The number of hydrogen-bond acceptors (Lipinski definition) is 3. The smallest absolute Gasteiger partial charge is 0.315 e. The molecular weight excluding hydrogens is 330 g/mol. The molecule has 3 aromatic rings. The Labute approximate surface area is 150 Å². The summed E-state index contributed by atoms with van der Waals surface area (Å²) in [5, 5.41) is 7.30. The maximum Gasteiger partial charge on any atom is 0.350 e. The lowest BCUT2D eigenvalue weighted by atomic mass is 10.2. The van der Waals surface area contributed by atoms with Crippen LogP contribution in [0.3, 0.4) is 0 Å². The normalized spacial score (nSPS) is 13.3. The zero-order valence-electron chi connectivity index (χ0n) is 14.4. The van der Waals surface area contributed by atoms with E-state index in [0.29, 0.717) is 25.5 Å². The molecule has 2 aromatic carbocycles. The van der Waals surface area contributed by atoms with Gasteiger partial charge in [-0.1, -0.05) is 35.9 Å². The second-order valence-corrected chi connectivity index (χ2v) is 6.32. The number of carbonyl (C=O) groups is 1. The molecule has 26 heavy (non-hydrogen) atoms. The van der Waals surface area contributed by atoms with Crippen LogP contribution in [-0.4, -0.2) is 31.8 Å². The third-order valence-corrected chi connectivity index (χ3v) is 4.46. The lowest BCUT2D eigenvalue weighted by Gasteiger charge is -2.26. The SMILES string of the molecule is Cc1ccc(-n2nc3n(c2=O)CCN(C(=O)Nc2ccccc2)C3)cc1. The zero-order chi connectivity index (χ0) is 18.1. The van der Waals surface area contributed by atoms with Gasteiger partial charge in [-0.25, -0.2) is 9.59 Å². The van der Waals surface area contributed by atoms with E-state index in [1.807, 2.05) is 61.5 Å². The number of para-hydroxylation sites is 1. The Morgan fingerprint density at radius 1 is 1.04 bits per heavy atom. The van der Waals surface area contributed by atoms with Crippen LogP contribution in [0.2, 0.25) is 0 Å². The van der Waals surface area contributed by atoms with E-state index in [0.717, 1.165) is 16.9 Å². The van der Waals surface area contributed by atoms with Crippen molar-refractivity contribution in [2.24, 2.45) is 0 Å². The molecule has 0 fully saturated rings. The zero-order valence-corrected chi connectivity index (χ0v) is 14.4. The van der Waals surface area contributed by atoms with Crippen LogP contribution in [0.4, 0.5) is 10.5 Å². The molecule has 0 radical (unpaired) electrons. The van der Waals surface area contributed by atoms with Gasteiger partial charge in [-0.15, -0.1) is 5.10 Å². The molecule has 1 N–H and O–H groups in total. The quantitative estimate of drug-likeness (QED) is 0.772. The Hall–Kier alpha value is -3.35. The van der Waals surface area contributed by atoms with Crippen LogP contribution in [0.25, 0.3) is 5.69 Å². The molecule has 2 heterocycles. The Morgan fingerprint density at radius 2 is 1.77 bits per heavy atom. The number of anilines is 1. The van der Waals surface area contributed by atoms with Crippen LogP contribution in [-0.2, 0) is 13.1 Å². The number of carbonyl (C=O) groups excluding carboxylic acids is 1. The molecule has 0 saturated carbocycles. The van der Waals surface area contributed by atoms with Crippen molar-refractivity contribution < 1.29 is 4.79 Å². The number of nitrogens with one attached hydrogen (secondary N) is 1. The van der Waals surface area contributed by atoms with Crippen LogP contribution in [0.15, 0.2) is 59.4 Å². The summed E-state index contributed by atoms with van der Waals surface area (Å²) < 4.78 is 3.03. The minimum absolute atomic E-state index is 0.174. The molecule has 0 saturated heterocycles. The molecule has 0 aliphatic carbocycles. The van der Waals surface area contributed by atoms with Crippen molar-refractivity contribution >= 4 is 11.7 Å². The van der Waals surface area contributed by atoms with Crippen LogP contribution in [0.5, 0.6) is 0 Å². The van der Waals surface area contributed by atoms with E-state index in [4.69, 9.17) is 0 Å². The average Bonchev–Trinajstić information content (AvgIpc) is 2.99. The highest BCUT2D eigenvalue weighted by Crippen LogP contribution is 2.13. The van der Waals surface area contributed by atoms with E-state index in [1.165, 1.54) is 4.68 Å². The number of aryl methyl sites for hydroxylation is 1. The fraction of sp³-hybridized carbons (Fsp3) is 0.211. The van der Waals surface area contributed by atoms with Gasteiger partial charge >= 0.3 is 11.7 Å². The maximum atomic E-state index is 12.6. The van der Waals surface area contributed by atoms with E-state index in [2.05, 4.69) is 10.4 Å². The molecule has 2 amide bonds. The summed E-state index contributed by atoms with van der Waals surface area (Å²) in [7, 11) is 0. The van der Waals surface area contributed by atoms with Gasteiger partial charge in [0.25, 0.3) is 0 Å². The van der Waals surface area contributed by atoms with Crippen molar-refractivity contribution in [1.82, 2.24) is 19.2 Å². The summed E-state index contributed by atoms with van der Waals surface area (Å²) in [6.45, 7) is 3.19. The van der Waals surface area contributed by atoms with Crippen molar-refractivity contribution in [2.75, 3.05) is 11.9 Å². The lowest BCUT2D eigenvalue weighted by molar-refractivity contribution is 0.195. The topological polar surface area (TPSA) is 72.2 Å². The van der Waals surface area contributed by atoms with Gasteiger partial charge in [-0.3, -0.25) is 4.57 Å². The molecular formula is C19H19N5O2. The second-order valence-electron chi connectivity index (χ2n) is 6.32. The molecule has 0 bridgehead atoms.